The molecule has 142 valence electrons. The van der Waals surface area contributed by atoms with Crippen molar-refractivity contribution in [2.75, 3.05) is 16.8 Å². The fraction of sp³-hybridized carbons (Fsp3) is 0.562. The normalized spacial score (nSPS) is 22.1. The number of sulfone groups is 1. The van der Waals surface area contributed by atoms with Crippen LogP contribution in [0.1, 0.15) is 32.9 Å². The number of ether oxygens (including phenoxy) is 1. The third kappa shape index (κ3) is 5.85. The first-order valence-electron chi connectivity index (χ1n) is 8.01. The summed E-state index contributed by atoms with van der Waals surface area (Å²) in [7, 11) is -3.22. The van der Waals surface area contributed by atoms with Gasteiger partial charge in [0.05, 0.1) is 39.9 Å². The first kappa shape index (κ1) is 20.5. The number of carbonyl (C=O) groups is 1. The van der Waals surface area contributed by atoms with E-state index in [1.807, 2.05) is 6.07 Å². The number of carbonyl (C=O) groups excluding carboxylic acids is 1. The number of nitrogens with zero attached hydrogens (tertiary/aromatic N) is 2. The van der Waals surface area contributed by atoms with E-state index in [2.05, 4.69) is 31.5 Å². The Morgan fingerprint density at radius 2 is 2.12 bits per heavy atom. The standard InChI is InChI=1S/C16H21BrN4O4S/c1-16(2,3)25-15(22)21-12-4-5-26(23,24)9-14(12)20-10-6-11(17)13(7-18)19-8-10/h6,8,12,14,20H,4-5,9H2,1-3H3,(H,21,22)/t12-,14+/m1/s1. The lowest BCUT2D eigenvalue weighted by atomic mass is 10.1. The molecule has 2 rings (SSSR count). The summed E-state index contributed by atoms with van der Waals surface area (Å²) in [5.41, 5.74) is 0.138. The van der Waals surface area contributed by atoms with E-state index in [1.165, 1.54) is 6.20 Å². The van der Waals surface area contributed by atoms with Crippen LogP contribution in [0.25, 0.3) is 0 Å². The van der Waals surface area contributed by atoms with Crippen molar-refractivity contribution in [3.8, 4) is 6.07 Å². The van der Waals surface area contributed by atoms with E-state index in [0.717, 1.165) is 0 Å². The van der Waals surface area contributed by atoms with Gasteiger partial charge in [0.2, 0.25) is 0 Å². The molecule has 0 spiro atoms. The van der Waals surface area contributed by atoms with Crippen molar-refractivity contribution >= 4 is 37.5 Å². The largest absolute Gasteiger partial charge is 0.444 e. The molecule has 0 radical (unpaired) electrons. The molecule has 0 aromatic carbocycles. The van der Waals surface area contributed by atoms with Crippen molar-refractivity contribution in [1.82, 2.24) is 10.3 Å². The zero-order valence-corrected chi connectivity index (χ0v) is 17.1. The van der Waals surface area contributed by atoms with Crippen molar-refractivity contribution in [1.29, 1.82) is 5.26 Å². The van der Waals surface area contributed by atoms with Gasteiger partial charge in [-0.3, -0.25) is 0 Å². The lowest BCUT2D eigenvalue weighted by Gasteiger charge is -2.33. The molecule has 2 atom stereocenters. The van der Waals surface area contributed by atoms with Crippen LogP contribution in [0, 0.1) is 11.3 Å². The van der Waals surface area contributed by atoms with E-state index in [0.29, 0.717) is 10.2 Å². The van der Waals surface area contributed by atoms with Crippen LogP contribution in [0.2, 0.25) is 0 Å². The topological polar surface area (TPSA) is 121 Å². The van der Waals surface area contributed by atoms with Crippen molar-refractivity contribution < 1.29 is 17.9 Å². The SMILES string of the molecule is CC(C)(C)OC(=O)N[C@@H]1CCS(=O)(=O)C[C@@H]1Nc1cnc(C#N)c(Br)c1. The Bertz CT molecular complexity index is 830. The molecule has 0 saturated carbocycles. The third-order valence-corrected chi connectivity index (χ3v) is 5.99. The number of nitrogens with one attached hydrogen (secondary N) is 2. The molecule has 0 bridgehead atoms. The molecule has 1 aliphatic heterocycles. The van der Waals surface area contributed by atoms with E-state index in [1.54, 1.807) is 26.8 Å². The molecular weight excluding hydrogens is 424 g/mol. The third-order valence-electron chi connectivity index (χ3n) is 3.66. The predicted molar refractivity (Wildman–Crippen MR) is 100 cm³/mol. The van der Waals surface area contributed by atoms with Gasteiger partial charge in [-0.1, -0.05) is 0 Å². The van der Waals surface area contributed by atoms with E-state index in [-0.39, 0.29) is 23.6 Å². The maximum absolute atomic E-state index is 12.1. The van der Waals surface area contributed by atoms with Gasteiger partial charge in [-0.25, -0.2) is 18.2 Å². The zero-order valence-electron chi connectivity index (χ0n) is 14.7. The molecule has 0 aliphatic carbocycles. The first-order valence-corrected chi connectivity index (χ1v) is 10.6. The van der Waals surface area contributed by atoms with Crippen LogP contribution in [-0.4, -0.2) is 48.7 Å². The summed E-state index contributed by atoms with van der Waals surface area (Å²) in [4.78, 5) is 16.1. The Labute approximate surface area is 161 Å². The number of hydrogen-bond donors (Lipinski definition) is 2. The number of amides is 1. The van der Waals surface area contributed by atoms with Crippen LogP contribution in [0.15, 0.2) is 16.7 Å². The van der Waals surface area contributed by atoms with Crippen LogP contribution in [0.5, 0.6) is 0 Å². The number of nitriles is 1. The van der Waals surface area contributed by atoms with E-state index in [4.69, 9.17) is 10.00 Å². The van der Waals surface area contributed by atoms with Gasteiger partial charge in [0.15, 0.2) is 15.5 Å². The minimum absolute atomic E-state index is 0.000952. The molecule has 1 aliphatic rings. The van der Waals surface area contributed by atoms with Gasteiger partial charge in [-0.05, 0) is 49.2 Å². The number of rotatable bonds is 3. The molecule has 1 aromatic rings. The van der Waals surface area contributed by atoms with Crippen LogP contribution >= 0.6 is 15.9 Å². The van der Waals surface area contributed by atoms with Crippen molar-refractivity contribution in [3.05, 3.63) is 22.4 Å². The monoisotopic (exact) mass is 444 g/mol. The maximum atomic E-state index is 12.1. The molecule has 1 fully saturated rings. The molecule has 1 aromatic heterocycles. The summed E-state index contributed by atoms with van der Waals surface area (Å²) >= 11 is 3.25. The molecule has 8 nitrogen and oxygen atoms in total. The summed E-state index contributed by atoms with van der Waals surface area (Å²) < 4.78 is 29.8. The number of anilines is 1. The Balaban J connectivity index is 2.16. The number of aromatic nitrogens is 1. The van der Waals surface area contributed by atoms with Gasteiger partial charge < -0.3 is 15.4 Å². The number of hydrogen-bond acceptors (Lipinski definition) is 7. The molecule has 2 heterocycles. The highest BCUT2D eigenvalue weighted by molar-refractivity contribution is 9.10. The van der Waals surface area contributed by atoms with Crippen molar-refractivity contribution in [2.24, 2.45) is 0 Å². The Morgan fingerprint density at radius 1 is 1.42 bits per heavy atom. The van der Waals surface area contributed by atoms with Crippen molar-refractivity contribution in [2.45, 2.75) is 44.9 Å². The average Bonchev–Trinajstić information content (AvgIpc) is 2.48. The number of halogens is 1. The second kappa shape index (κ2) is 7.80. The van der Waals surface area contributed by atoms with E-state index in [9.17, 15) is 13.2 Å². The Hall–Kier alpha value is -1.86. The second-order valence-electron chi connectivity index (χ2n) is 7.07. The minimum atomic E-state index is -3.22. The lowest BCUT2D eigenvalue weighted by molar-refractivity contribution is 0.0498. The van der Waals surface area contributed by atoms with Gasteiger partial charge in [-0.15, -0.1) is 0 Å². The fourth-order valence-electron chi connectivity index (χ4n) is 2.57. The van der Waals surface area contributed by atoms with Gasteiger partial charge in [0.25, 0.3) is 0 Å². The zero-order chi connectivity index (χ0) is 19.5. The van der Waals surface area contributed by atoms with Crippen LogP contribution in [-0.2, 0) is 14.6 Å². The van der Waals surface area contributed by atoms with E-state index >= 15 is 0 Å². The van der Waals surface area contributed by atoms with Crippen LogP contribution in [0.4, 0.5) is 10.5 Å². The first-order chi connectivity index (χ1) is 12.0. The highest BCUT2D eigenvalue weighted by Gasteiger charge is 2.35. The number of alkyl carbamates (subject to hydrolysis) is 1. The van der Waals surface area contributed by atoms with Crippen molar-refractivity contribution in [3.63, 3.8) is 0 Å². The second-order valence-corrected chi connectivity index (χ2v) is 10.2. The van der Waals surface area contributed by atoms with E-state index < -0.39 is 33.6 Å². The lowest BCUT2D eigenvalue weighted by Crippen LogP contribution is -2.54. The highest BCUT2D eigenvalue weighted by atomic mass is 79.9. The molecule has 1 amide bonds. The van der Waals surface area contributed by atoms with Gasteiger partial charge >= 0.3 is 6.09 Å². The highest BCUT2D eigenvalue weighted by Crippen LogP contribution is 2.22. The molecule has 26 heavy (non-hydrogen) atoms. The molecule has 0 unspecified atom stereocenters. The van der Waals surface area contributed by atoms with Gasteiger partial charge in [-0.2, -0.15) is 5.26 Å². The summed E-state index contributed by atoms with van der Waals surface area (Å²) in [5, 5.41) is 14.8. The fourth-order valence-corrected chi connectivity index (χ4v) is 4.65. The predicted octanol–water partition coefficient (Wildman–Crippen LogP) is 2.21. The average molecular weight is 445 g/mol. The van der Waals surface area contributed by atoms with Crippen LogP contribution in [0.3, 0.4) is 0 Å². The quantitative estimate of drug-likeness (QED) is 0.732. The summed E-state index contributed by atoms with van der Waals surface area (Å²) in [6.45, 7) is 5.27. The molecular formula is C16H21BrN4O4S. The Morgan fingerprint density at radius 3 is 2.69 bits per heavy atom. The Kier molecular flexibility index (Phi) is 6.13. The number of pyridine rings is 1. The molecule has 1 saturated heterocycles. The van der Waals surface area contributed by atoms with Crippen LogP contribution < -0.4 is 10.6 Å². The summed E-state index contributed by atoms with van der Waals surface area (Å²) in [6, 6.07) is 2.64. The molecule has 2 N–H and O–H groups in total. The van der Waals surface area contributed by atoms with Gasteiger partial charge in [0.1, 0.15) is 11.7 Å². The minimum Gasteiger partial charge on any atom is -0.444 e. The summed E-state index contributed by atoms with van der Waals surface area (Å²) in [6.07, 6.45) is 1.15. The summed E-state index contributed by atoms with van der Waals surface area (Å²) in [5.74, 6) is -0.119. The van der Waals surface area contributed by atoms with Gasteiger partial charge in [0, 0.05) is 0 Å². The maximum Gasteiger partial charge on any atom is 0.407 e. The molecule has 10 heteroatoms. The smallest absolute Gasteiger partial charge is 0.407 e.